The van der Waals surface area contributed by atoms with Gasteiger partial charge in [-0.3, -0.25) is 0 Å². The normalized spacial score (nSPS) is 17.4. The topological polar surface area (TPSA) is 31.2 Å². The fourth-order valence-corrected chi connectivity index (χ4v) is 2.56. The molecule has 1 aromatic heterocycles. The molecule has 1 heterocycles. The van der Waals surface area contributed by atoms with Gasteiger partial charge in [0.15, 0.2) is 0 Å². The van der Waals surface area contributed by atoms with Crippen LogP contribution in [0.2, 0.25) is 0 Å². The maximum absolute atomic E-state index is 13.5. The van der Waals surface area contributed by atoms with Crippen molar-refractivity contribution in [3.05, 3.63) is 35.2 Å². The van der Waals surface area contributed by atoms with Crippen molar-refractivity contribution in [2.75, 3.05) is 0 Å². The van der Waals surface area contributed by atoms with E-state index in [0.717, 1.165) is 0 Å². The lowest BCUT2D eigenvalue weighted by atomic mass is 9.98. The Morgan fingerprint density at radius 2 is 1.73 bits per heavy atom. The number of hydrogen-bond acceptors (Lipinski definition) is 2. The van der Waals surface area contributed by atoms with Crippen LogP contribution in [0.3, 0.4) is 0 Å². The Morgan fingerprint density at radius 3 is 2.27 bits per heavy atom. The molecule has 0 aromatic carbocycles. The lowest BCUT2D eigenvalue weighted by Crippen LogP contribution is -2.29. The highest BCUT2D eigenvalue weighted by molar-refractivity contribution is 5.73. The van der Waals surface area contributed by atoms with E-state index in [1.807, 2.05) is 12.2 Å². The van der Waals surface area contributed by atoms with Crippen LogP contribution in [0.15, 0.2) is 18.3 Å². The van der Waals surface area contributed by atoms with Gasteiger partial charge in [0.25, 0.3) is 0 Å². The van der Waals surface area contributed by atoms with Gasteiger partial charge in [-0.05, 0) is 57.6 Å². The molecule has 0 atom stereocenters. The molecule has 0 fully saturated rings. The molecular weight excluding hydrogens is 295 g/mol. The van der Waals surface area contributed by atoms with Crippen LogP contribution in [-0.2, 0) is 23.8 Å². The molecule has 2 rings (SSSR count). The van der Waals surface area contributed by atoms with Crippen LogP contribution in [-0.4, -0.2) is 16.3 Å². The summed E-state index contributed by atoms with van der Waals surface area (Å²) in [6, 6.07) is 0. The number of carbonyl (C=O) groups is 1. The molecule has 0 saturated heterocycles. The summed E-state index contributed by atoms with van der Waals surface area (Å²) in [5.74, 6) is 0. The number of allylic oxidation sites excluding steroid dienone is 2. The Hall–Kier alpha value is -1.72. The van der Waals surface area contributed by atoms with E-state index in [-0.39, 0.29) is 12.0 Å². The molecule has 3 nitrogen and oxygen atoms in total. The third-order valence-corrected chi connectivity index (χ3v) is 3.37. The second kappa shape index (κ2) is 5.82. The zero-order valence-electron chi connectivity index (χ0n) is 13.0. The Balaban J connectivity index is 2.50. The van der Waals surface area contributed by atoms with Crippen LogP contribution in [0.25, 0.3) is 0 Å². The molecule has 0 amide bonds. The molecule has 0 bridgehead atoms. The molecular formula is C16H20F3NO2. The van der Waals surface area contributed by atoms with Crippen LogP contribution < -0.4 is 0 Å². The minimum absolute atomic E-state index is 0.211. The highest BCUT2D eigenvalue weighted by atomic mass is 19.4. The molecule has 1 aliphatic rings. The Kier molecular flexibility index (Phi) is 4.40. The Morgan fingerprint density at radius 1 is 1.14 bits per heavy atom. The van der Waals surface area contributed by atoms with Crippen LogP contribution >= 0.6 is 0 Å². The van der Waals surface area contributed by atoms with Crippen molar-refractivity contribution >= 4 is 6.09 Å². The van der Waals surface area contributed by atoms with Gasteiger partial charge in [0.2, 0.25) is 0 Å². The molecule has 0 radical (unpaired) electrons. The molecule has 0 saturated carbocycles. The van der Waals surface area contributed by atoms with Crippen molar-refractivity contribution < 1.29 is 22.7 Å². The minimum atomic E-state index is -4.59. The first-order valence-electron chi connectivity index (χ1n) is 7.28. The van der Waals surface area contributed by atoms with Crippen LogP contribution in [0.1, 0.15) is 50.4 Å². The third-order valence-electron chi connectivity index (χ3n) is 3.37. The summed E-state index contributed by atoms with van der Waals surface area (Å²) in [5.41, 5.74) is -0.961. The largest absolute Gasteiger partial charge is 0.443 e. The van der Waals surface area contributed by atoms with Crippen LogP contribution in [0, 0.1) is 0 Å². The summed E-state index contributed by atoms with van der Waals surface area (Å²) < 4.78 is 46.1. The van der Waals surface area contributed by atoms with E-state index in [1.165, 1.54) is 6.20 Å². The van der Waals surface area contributed by atoms with Gasteiger partial charge in [-0.15, -0.1) is 0 Å². The second-order valence-electron chi connectivity index (χ2n) is 6.38. The van der Waals surface area contributed by atoms with E-state index in [0.29, 0.717) is 29.4 Å². The lowest BCUT2D eigenvalue weighted by Gasteiger charge is -2.21. The zero-order valence-corrected chi connectivity index (χ0v) is 13.0. The predicted molar refractivity (Wildman–Crippen MR) is 76.8 cm³/mol. The summed E-state index contributed by atoms with van der Waals surface area (Å²) in [5, 5.41) is 0. The van der Waals surface area contributed by atoms with Gasteiger partial charge in [0.1, 0.15) is 11.3 Å². The average Bonchev–Trinajstić information content (AvgIpc) is 2.64. The van der Waals surface area contributed by atoms with Gasteiger partial charge in [-0.1, -0.05) is 12.2 Å². The number of carbonyl (C=O) groups excluding carboxylic acids is 1. The molecule has 0 unspecified atom stereocenters. The van der Waals surface area contributed by atoms with E-state index in [2.05, 4.69) is 0 Å². The van der Waals surface area contributed by atoms with Crippen molar-refractivity contribution in [3.8, 4) is 0 Å². The maximum Gasteiger partial charge on any atom is 0.432 e. The maximum atomic E-state index is 13.5. The summed E-state index contributed by atoms with van der Waals surface area (Å²) in [4.78, 5) is 12.1. The van der Waals surface area contributed by atoms with Crippen molar-refractivity contribution in [2.45, 2.75) is 58.2 Å². The molecule has 22 heavy (non-hydrogen) atoms. The fraction of sp³-hybridized carbons (Fsp3) is 0.562. The van der Waals surface area contributed by atoms with Crippen molar-refractivity contribution in [3.63, 3.8) is 0 Å². The SMILES string of the molecule is CC(C)(C)OC(=O)n1cc2c(c1C(F)(F)F)CC/C=C\CC2. The summed E-state index contributed by atoms with van der Waals surface area (Å²) in [7, 11) is 0. The molecule has 122 valence electrons. The van der Waals surface area contributed by atoms with Gasteiger partial charge in [-0.2, -0.15) is 13.2 Å². The highest BCUT2D eigenvalue weighted by Crippen LogP contribution is 2.37. The lowest BCUT2D eigenvalue weighted by molar-refractivity contribution is -0.143. The first-order chi connectivity index (χ1) is 10.1. The van der Waals surface area contributed by atoms with Crippen molar-refractivity contribution in [1.29, 1.82) is 0 Å². The first-order valence-corrected chi connectivity index (χ1v) is 7.28. The van der Waals surface area contributed by atoms with E-state index in [4.69, 9.17) is 4.74 Å². The number of aryl methyl sites for hydroxylation is 1. The highest BCUT2D eigenvalue weighted by Gasteiger charge is 2.40. The van der Waals surface area contributed by atoms with E-state index >= 15 is 0 Å². The van der Waals surface area contributed by atoms with Gasteiger partial charge in [-0.25, -0.2) is 9.36 Å². The average molecular weight is 315 g/mol. The van der Waals surface area contributed by atoms with Gasteiger partial charge in [0.05, 0.1) is 0 Å². The standard InChI is InChI=1S/C16H20F3NO2/c1-15(2,3)22-14(21)20-10-11-8-6-4-5-7-9-12(11)13(20)16(17,18)19/h4-5,10H,6-9H2,1-3H3/b5-4-. The number of halogens is 3. The van der Waals surface area contributed by atoms with Crippen LogP contribution in [0.4, 0.5) is 18.0 Å². The smallest absolute Gasteiger partial charge is 0.432 e. The van der Waals surface area contributed by atoms with E-state index in [9.17, 15) is 18.0 Å². The second-order valence-corrected chi connectivity index (χ2v) is 6.38. The molecule has 0 N–H and O–H groups in total. The number of rotatable bonds is 0. The third kappa shape index (κ3) is 3.72. The number of aromatic nitrogens is 1. The van der Waals surface area contributed by atoms with E-state index in [1.54, 1.807) is 20.8 Å². The summed E-state index contributed by atoms with van der Waals surface area (Å²) in [6.07, 6.45) is 1.52. The summed E-state index contributed by atoms with van der Waals surface area (Å²) in [6.45, 7) is 4.88. The minimum Gasteiger partial charge on any atom is -0.443 e. The van der Waals surface area contributed by atoms with Crippen LogP contribution in [0.5, 0.6) is 0 Å². The summed E-state index contributed by atoms with van der Waals surface area (Å²) >= 11 is 0. The number of hydrogen-bond donors (Lipinski definition) is 0. The molecule has 1 aliphatic carbocycles. The van der Waals surface area contributed by atoms with Crippen molar-refractivity contribution in [1.82, 2.24) is 4.57 Å². The molecule has 0 aliphatic heterocycles. The number of ether oxygens (including phenoxy) is 1. The fourth-order valence-electron chi connectivity index (χ4n) is 2.56. The van der Waals surface area contributed by atoms with Gasteiger partial charge >= 0.3 is 12.3 Å². The quantitative estimate of drug-likeness (QED) is 0.648. The number of alkyl halides is 3. The van der Waals surface area contributed by atoms with E-state index < -0.39 is 23.6 Å². The van der Waals surface area contributed by atoms with Gasteiger partial charge in [0, 0.05) is 6.20 Å². The molecule has 0 spiro atoms. The molecule has 6 heteroatoms. The van der Waals surface area contributed by atoms with Crippen molar-refractivity contribution in [2.24, 2.45) is 0 Å². The number of fused-ring (bicyclic) bond motifs is 1. The first kappa shape index (κ1) is 16.6. The monoisotopic (exact) mass is 315 g/mol. The Labute approximate surface area is 127 Å². The zero-order chi connectivity index (χ0) is 16.5. The Bertz CT molecular complexity index is 592. The number of nitrogens with zero attached hydrogens (tertiary/aromatic N) is 1. The van der Waals surface area contributed by atoms with Gasteiger partial charge < -0.3 is 4.74 Å². The predicted octanol–water partition coefficient (Wildman–Crippen LogP) is 4.73. The molecule has 1 aromatic rings.